The highest BCUT2D eigenvalue weighted by Crippen LogP contribution is 2.52. The van der Waals surface area contributed by atoms with Crippen LogP contribution in [0.3, 0.4) is 0 Å². The Morgan fingerprint density at radius 2 is 0.727 bits per heavy atom. The van der Waals surface area contributed by atoms with Crippen molar-refractivity contribution in [3.63, 3.8) is 0 Å². The molecule has 160 valence electrons. The fraction of sp³-hybridized carbons (Fsp3) is 0.0909. The molecule has 0 aromatic heterocycles. The number of rotatable bonds is 6. The molecule has 0 unspecified atom stereocenters. The second-order valence-corrected chi connectivity index (χ2v) is 8.66. The second kappa shape index (κ2) is 9.30. The van der Waals surface area contributed by atoms with Crippen LogP contribution in [0, 0.1) is 6.92 Å². The van der Waals surface area contributed by atoms with Gasteiger partial charge in [0.15, 0.2) is 0 Å². The Morgan fingerprint density at radius 1 is 0.394 bits per heavy atom. The van der Waals surface area contributed by atoms with Crippen molar-refractivity contribution in [2.75, 3.05) is 0 Å². The predicted octanol–water partition coefficient (Wildman–Crippen LogP) is 8.16. The Labute approximate surface area is 197 Å². The van der Waals surface area contributed by atoms with Crippen LogP contribution in [0.4, 0.5) is 0 Å². The standard InChI is InChI=1S/C33H28/c1-26-22-24-28(25-23-26)32(27-14-6-2-7-15-27)33(29-16-8-3-9-17-29,30-18-10-4-11-19-30)31-20-12-5-13-21-31/h2-25,32H,1H3/t32-/m1/s1. The van der Waals surface area contributed by atoms with E-state index in [4.69, 9.17) is 0 Å². The zero-order valence-corrected chi connectivity index (χ0v) is 18.9. The third kappa shape index (κ3) is 3.90. The Hall–Kier alpha value is -3.90. The van der Waals surface area contributed by atoms with E-state index >= 15 is 0 Å². The molecule has 0 radical (unpaired) electrons. The number of hydrogen-bond acceptors (Lipinski definition) is 0. The molecule has 0 aliphatic heterocycles. The molecule has 0 amide bonds. The van der Waals surface area contributed by atoms with Gasteiger partial charge in [0, 0.05) is 5.92 Å². The first-order valence-electron chi connectivity index (χ1n) is 11.6. The van der Waals surface area contributed by atoms with Crippen molar-refractivity contribution in [3.8, 4) is 0 Å². The van der Waals surface area contributed by atoms with Crippen LogP contribution in [0.25, 0.3) is 0 Å². The lowest BCUT2D eigenvalue weighted by atomic mass is 9.58. The number of hydrogen-bond donors (Lipinski definition) is 0. The van der Waals surface area contributed by atoms with Crippen molar-refractivity contribution in [2.24, 2.45) is 0 Å². The van der Waals surface area contributed by atoms with Gasteiger partial charge in [0.25, 0.3) is 0 Å². The molecule has 0 N–H and O–H groups in total. The van der Waals surface area contributed by atoms with Crippen molar-refractivity contribution in [1.82, 2.24) is 0 Å². The molecular weight excluding hydrogens is 396 g/mol. The highest BCUT2D eigenvalue weighted by molar-refractivity contribution is 5.58. The van der Waals surface area contributed by atoms with Crippen LogP contribution in [0.1, 0.15) is 39.3 Å². The summed E-state index contributed by atoms with van der Waals surface area (Å²) in [4.78, 5) is 0. The summed E-state index contributed by atoms with van der Waals surface area (Å²) in [5, 5.41) is 0. The highest BCUT2D eigenvalue weighted by atomic mass is 14.5. The van der Waals surface area contributed by atoms with Gasteiger partial charge in [0.2, 0.25) is 0 Å². The molecule has 1 atom stereocenters. The van der Waals surface area contributed by atoms with Gasteiger partial charge in [-0.15, -0.1) is 0 Å². The smallest absolute Gasteiger partial charge is 0.0560 e. The Balaban J connectivity index is 1.94. The van der Waals surface area contributed by atoms with Gasteiger partial charge in [-0.2, -0.15) is 0 Å². The summed E-state index contributed by atoms with van der Waals surface area (Å²) in [6, 6.07) is 53.0. The third-order valence-electron chi connectivity index (χ3n) is 6.66. The quantitative estimate of drug-likeness (QED) is 0.241. The zero-order chi connectivity index (χ0) is 22.5. The second-order valence-electron chi connectivity index (χ2n) is 8.66. The SMILES string of the molecule is Cc1ccc([C@@H](c2ccccc2)C(c2ccccc2)(c2ccccc2)c2ccccc2)cc1. The normalized spacial score (nSPS) is 12.3. The molecule has 0 aliphatic rings. The van der Waals surface area contributed by atoms with Crippen molar-refractivity contribution in [2.45, 2.75) is 18.3 Å². The minimum absolute atomic E-state index is 0.0894. The van der Waals surface area contributed by atoms with Gasteiger partial charge in [0.1, 0.15) is 0 Å². The summed E-state index contributed by atoms with van der Waals surface area (Å²) >= 11 is 0. The summed E-state index contributed by atoms with van der Waals surface area (Å²) in [5.74, 6) is 0.0894. The first-order chi connectivity index (χ1) is 16.3. The van der Waals surface area contributed by atoms with Gasteiger partial charge in [-0.05, 0) is 34.7 Å². The minimum atomic E-state index is -0.402. The number of aryl methyl sites for hydroxylation is 1. The van der Waals surface area contributed by atoms with Gasteiger partial charge in [0.05, 0.1) is 5.41 Å². The Bertz CT molecular complexity index is 1180. The lowest BCUT2D eigenvalue weighted by Gasteiger charge is -2.43. The van der Waals surface area contributed by atoms with Crippen LogP contribution in [0.5, 0.6) is 0 Å². The van der Waals surface area contributed by atoms with E-state index < -0.39 is 5.41 Å². The largest absolute Gasteiger partial charge is 0.0622 e. The molecular formula is C33H28. The topological polar surface area (TPSA) is 0 Å². The summed E-state index contributed by atoms with van der Waals surface area (Å²) in [6.07, 6.45) is 0. The van der Waals surface area contributed by atoms with E-state index in [1.54, 1.807) is 0 Å². The maximum Gasteiger partial charge on any atom is 0.0560 e. The van der Waals surface area contributed by atoms with E-state index in [0.29, 0.717) is 0 Å². The van der Waals surface area contributed by atoms with Crippen LogP contribution in [0.2, 0.25) is 0 Å². The molecule has 0 aliphatic carbocycles. The van der Waals surface area contributed by atoms with Gasteiger partial charge in [-0.3, -0.25) is 0 Å². The molecule has 5 aromatic rings. The van der Waals surface area contributed by atoms with Crippen molar-refractivity contribution >= 4 is 0 Å². The van der Waals surface area contributed by atoms with Crippen LogP contribution < -0.4 is 0 Å². The summed E-state index contributed by atoms with van der Waals surface area (Å²) < 4.78 is 0. The van der Waals surface area contributed by atoms with E-state index in [1.807, 2.05) is 0 Å². The third-order valence-corrected chi connectivity index (χ3v) is 6.66. The van der Waals surface area contributed by atoms with Crippen LogP contribution in [-0.4, -0.2) is 0 Å². The van der Waals surface area contributed by atoms with Crippen molar-refractivity contribution in [1.29, 1.82) is 0 Å². The first kappa shape index (κ1) is 21.0. The fourth-order valence-corrected chi connectivity index (χ4v) is 5.20. The van der Waals surface area contributed by atoms with Crippen LogP contribution in [0.15, 0.2) is 146 Å². The molecule has 0 heteroatoms. The highest BCUT2D eigenvalue weighted by Gasteiger charge is 2.45. The van der Waals surface area contributed by atoms with Crippen LogP contribution in [-0.2, 0) is 5.41 Å². The molecule has 0 bridgehead atoms. The number of benzene rings is 5. The van der Waals surface area contributed by atoms with Gasteiger partial charge in [-0.1, -0.05) is 151 Å². The lowest BCUT2D eigenvalue weighted by Crippen LogP contribution is -2.37. The molecule has 0 saturated heterocycles. The molecule has 0 spiro atoms. The average molecular weight is 425 g/mol. The summed E-state index contributed by atoms with van der Waals surface area (Å²) in [5.41, 5.74) is 7.35. The minimum Gasteiger partial charge on any atom is -0.0622 e. The van der Waals surface area contributed by atoms with Crippen molar-refractivity contribution < 1.29 is 0 Å². The van der Waals surface area contributed by atoms with Gasteiger partial charge < -0.3 is 0 Å². The summed E-state index contributed by atoms with van der Waals surface area (Å²) in [7, 11) is 0. The monoisotopic (exact) mass is 424 g/mol. The molecule has 0 heterocycles. The Morgan fingerprint density at radius 3 is 1.12 bits per heavy atom. The molecule has 33 heavy (non-hydrogen) atoms. The molecule has 0 nitrogen and oxygen atoms in total. The maximum atomic E-state index is 2.30. The fourth-order valence-electron chi connectivity index (χ4n) is 5.20. The lowest BCUT2D eigenvalue weighted by molar-refractivity contribution is 0.537. The van der Waals surface area contributed by atoms with E-state index in [2.05, 4.69) is 153 Å². The molecule has 5 aromatic carbocycles. The summed E-state index contributed by atoms with van der Waals surface area (Å²) in [6.45, 7) is 2.15. The maximum absolute atomic E-state index is 2.30. The van der Waals surface area contributed by atoms with E-state index in [9.17, 15) is 0 Å². The van der Waals surface area contributed by atoms with Crippen molar-refractivity contribution in [3.05, 3.63) is 179 Å². The molecule has 5 rings (SSSR count). The molecule has 0 fully saturated rings. The zero-order valence-electron chi connectivity index (χ0n) is 18.9. The van der Waals surface area contributed by atoms with Crippen LogP contribution >= 0.6 is 0 Å². The first-order valence-corrected chi connectivity index (χ1v) is 11.6. The van der Waals surface area contributed by atoms with E-state index in [0.717, 1.165) is 0 Å². The predicted molar refractivity (Wildman–Crippen MR) is 139 cm³/mol. The van der Waals surface area contributed by atoms with Gasteiger partial charge >= 0.3 is 0 Å². The van der Waals surface area contributed by atoms with E-state index in [1.165, 1.54) is 33.4 Å². The van der Waals surface area contributed by atoms with E-state index in [-0.39, 0.29) is 5.92 Å². The van der Waals surface area contributed by atoms with Gasteiger partial charge in [-0.25, -0.2) is 0 Å². The molecule has 0 saturated carbocycles. The Kier molecular flexibility index (Phi) is 5.91. The average Bonchev–Trinajstić information content (AvgIpc) is 2.90.